The summed E-state index contributed by atoms with van der Waals surface area (Å²) >= 11 is 5.77. The predicted molar refractivity (Wildman–Crippen MR) is 93.2 cm³/mol. The Labute approximate surface area is 144 Å². The normalized spacial score (nSPS) is 9.71. The smallest absolute Gasteiger partial charge is 0.337 e. The maximum absolute atomic E-state index is 12.2. The van der Waals surface area contributed by atoms with Gasteiger partial charge in [-0.3, -0.25) is 10.2 Å². The van der Waals surface area contributed by atoms with Crippen LogP contribution < -0.4 is 20.9 Å². The van der Waals surface area contributed by atoms with Crippen LogP contribution in [0.1, 0.15) is 10.4 Å². The molecule has 0 atom stereocenters. The van der Waals surface area contributed by atoms with Gasteiger partial charge in [-0.2, -0.15) is 0 Å². The van der Waals surface area contributed by atoms with E-state index in [4.69, 9.17) is 16.3 Å². The predicted octanol–water partition coefficient (Wildman–Crippen LogP) is 3.37. The van der Waals surface area contributed by atoms with Gasteiger partial charge in [0.2, 0.25) is 0 Å². The lowest BCUT2D eigenvalue weighted by atomic mass is 10.2. The Morgan fingerprint density at radius 3 is 2.50 bits per heavy atom. The van der Waals surface area contributed by atoms with E-state index < -0.39 is 11.9 Å². The van der Waals surface area contributed by atoms with E-state index in [1.165, 1.54) is 0 Å². The minimum Gasteiger partial charge on any atom is -0.489 e. The van der Waals surface area contributed by atoms with Gasteiger partial charge in [-0.05, 0) is 36.4 Å². The third-order valence-electron chi connectivity index (χ3n) is 2.88. The molecule has 2 aromatic rings. The van der Waals surface area contributed by atoms with Crippen LogP contribution in [0.3, 0.4) is 0 Å². The van der Waals surface area contributed by atoms with Gasteiger partial charge in [-0.25, -0.2) is 10.2 Å². The molecule has 0 saturated heterocycles. The van der Waals surface area contributed by atoms with Crippen molar-refractivity contribution in [3.8, 4) is 5.75 Å². The lowest BCUT2D eigenvalue weighted by Gasteiger charge is -2.12. The topological polar surface area (TPSA) is 79.5 Å². The molecular weight excluding hydrogens is 330 g/mol. The number of amides is 3. The molecule has 24 heavy (non-hydrogen) atoms. The molecule has 6 nitrogen and oxygen atoms in total. The Morgan fingerprint density at radius 1 is 1.08 bits per heavy atom. The van der Waals surface area contributed by atoms with Gasteiger partial charge < -0.3 is 10.1 Å². The molecule has 0 fully saturated rings. The molecule has 2 rings (SSSR count). The number of ether oxygens (including phenoxy) is 1. The second-order valence-electron chi connectivity index (χ2n) is 4.64. The molecule has 3 N–H and O–H groups in total. The largest absolute Gasteiger partial charge is 0.489 e. The van der Waals surface area contributed by atoms with Crippen molar-refractivity contribution in [1.29, 1.82) is 0 Å². The summed E-state index contributed by atoms with van der Waals surface area (Å²) in [6.07, 6.45) is 1.58. The molecule has 0 radical (unpaired) electrons. The van der Waals surface area contributed by atoms with Crippen LogP contribution in [0, 0.1) is 0 Å². The Balaban J connectivity index is 1.91. The molecule has 0 saturated carbocycles. The number of hydrogen-bond acceptors (Lipinski definition) is 3. The molecule has 124 valence electrons. The van der Waals surface area contributed by atoms with E-state index in [0.717, 1.165) is 0 Å². The van der Waals surface area contributed by atoms with Gasteiger partial charge >= 0.3 is 6.03 Å². The monoisotopic (exact) mass is 345 g/mol. The summed E-state index contributed by atoms with van der Waals surface area (Å²) in [6, 6.07) is 12.7. The standard InChI is InChI=1S/C17H16ClN3O3/c1-2-11-24-15-6-4-3-5-14(15)16(22)20-21-17(23)19-13-9-7-12(18)8-10-13/h2-10H,1,11H2,(H,20,22)(H2,19,21,23). The molecule has 0 aliphatic heterocycles. The quantitative estimate of drug-likeness (QED) is 0.574. The number of urea groups is 1. The SMILES string of the molecule is C=CCOc1ccccc1C(=O)NNC(=O)Nc1ccc(Cl)cc1. The highest BCUT2D eigenvalue weighted by Crippen LogP contribution is 2.17. The fraction of sp³-hybridized carbons (Fsp3) is 0.0588. The first-order valence-corrected chi connectivity index (χ1v) is 7.43. The van der Waals surface area contributed by atoms with Crippen LogP contribution in [0.5, 0.6) is 5.75 Å². The van der Waals surface area contributed by atoms with E-state index in [1.807, 2.05) is 0 Å². The van der Waals surface area contributed by atoms with Crippen LogP contribution >= 0.6 is 11.6 Å². The van der Waals surface area contributed by atoms with E-state index in [-0.39, 0.29) is 6.61 Å². The highest BCUT2D eigenvalue weighted by Gasteiger charge is 2.12. The van der Waals surface area contributed by atoms with Crippen molar-refractivity contribution < 1.29 is 14.3 Å². The summed E-state index contributed by atoms with van der Waals surface area (Å²) in [7, 11) is 0. The molecule has 7 heteroatoms. The van der Waals surface area contributed by atoms with E-state index in [0.29, 0.717) is 22.0 Å². The molecule has 0 aliphatic rings. The van der Waals surface area contributed by atoms with Gasteiger partial charge in [0.1, 0.15) is 12.4 Å². The summed E-state index contributed by atoms with van der Waals surface area (Å²) in [5.74, 6) is -0.101. The Kier molecular flexibility index (Phi) is 6.22. The molecule has 0 aliphatic carbocycles. The summed E-state index contributed by atoms with van der Waals surface area (Å²) in [4.78, 5) is 23.9. The minimum atomic E-state index is -0.588. The minimum absolute atomic E-state index is 0.273. The number of halogens is 1. The zero-order valence-electron chi connectivity index (χ0n) is 12.7. The third-order valence-corrected chi connectivity index (χ3v) is 3.13. The molecule has 0 aromatic heterocycles. The second-order valence-corrected chi connectivity index (χ2v) is 5.07. The van der Waals surface area contributed by atoms with Crippen molar-refractivity contribution in [1.82, 2.24) is 10.9 Å². The number of benzene rings is 2. The van der Waals surface area contributed by atoms with E-state index in [9.17, 15) is 9.59 Å². The first kappa shape index (κ1) is 17.4. The second kappa shape index (κ2) is 8.59. The number of hydrogen-bond donors (Lipinski definition) is 3. The summed E-state index contributed by atoms with van der Waals surface area (Å²) in [5, 5.41) is 3.12. The Morgan fingerprint density at radius 2 is 1.79 bits per heavy atom. The molecule has 2 aromatic carbocycles. The van der Waals surface area contributed by atoms with Crippen molar-refractivity contribution in [3.63, 3.8) is 0 Å². The average molecular weight is 346 g/mol. The van der Waals surface area contributed by atoms with Gasteiger partial charge in [-0.15, -0.1) is 0 Å². The summed E-state index contributed by atoms with van der Waals surface area (Å²) < 4.78 is 5.40. The van der Waals surface area contributed by atoms with Gasteiger partial charge in [-0.1, -0.05) is 36.4 Å². The summed E-state index contributed by atoms with van der Waals surface area (Å²) in [5.41, 5.74) is 5.42. The van der Waals surface area contributed by atoms with Crippen LogP contribution in [0.25, 0.3) is 0 Å². The van der Waals surface area contributed by atoms with Crippen LogP contribution in [0.4, 0.5) is 10.5 Å². The lowest BCUT2D eigenvalue weighted by molar-refractivity contribution is 0.0934. The average Bonchev–Trinajstić information content (AvgIpc) is 2.60. The van der Waals surface area contributed by atoms with Crippen LogP contribution in [-0.4, -0.2) is 18.5 Å². The highest BCUT2D eigenvalue weighted by molar-refractivity contribution is 6.30. The van der Waals surface area contributed by atoms with Crippen molar-refractivity contribution in [2.45, 2.75) is 0 Å². The maximum atomic E-state index is 12.2. The molecular formula is C17H16ClN3O3. The van der Waals surface area contributed by atoms with Crippen LogP contribution in [0.15, 0.2) is 61.2 Å². The zero-order chi connectivity index (χ0) is 17.4. The van der Waals surface area contributed by atoms with Crippen molar-refractivity contribution in [3.05, 3.63) is 71.8 Å². The van der Waals surface area contributed by atoms with Crippen LogP contribution in [0.2, 0.25) is 5.02 Å². The number of carbonyl (C=O) groups excluding carboxylic acids is 2. The molecule has 0 heterocycles. The number of rotatable bonds is 5. The van der Waals surface area contributed by atoms with Crippen molar-refractivity contribution >= 4 is 29.2 Å². The van der Waals surface area contributed by atoms with E-state index in [1.54, 1.807) is 54.6 Å². The number of anilines is 1. The van der Waals surface area contributed by atoms with E-state index >= 15 is 0 Å². The van der Waals surface area contributed by atoms with Crippen LogP contribution in [-0.2, 0) is 0 Å². The van der Waals surface area contributed by atoms with Crippen molar-refractivity contribution in [2.24, 2.45) is 0 Å². The zero-order valence-corrected chi connectivity index (χ0v) is 13.5. The van der Waals surface area contributed by atoms with Gasteiger partial charge in [0.05, 0.1) is 5.56 Å². The third kappa shape index (κ3) is 5.03. The van der Waals surface area contributed by atoms with Crippen molar-refractivity contribution in [2.75, 3.05) is 11.9 Å². The number of carbonyl (C=O) groups is 2. The van der Waals surface area contributed by atoms with Gasteiger partial charge in [0, 0.05) is 10.7 Å². The first-order valence-electron chi connectivity index (χ1n) is 7.06. The Bertz CT molecular complexity index is 732. The number of hydrazine groups is 1. The molecule has 3 amide bonds. The molecule has 0 bridgehead atoms. The number of nitrogens with one attached hydrogen (secondary N) is 3. The highest BCUT2D eigenvalue weighted by atomic mass is 35.5. The Hall–Kier alpha value is -2.99. The summed E-state index contributed by atoms with van der Waals surface area (Å²) in [6.45, 7) is 3.83. The number of para-hydroxylation sites is 1. The fourth-order valence-corrected chi connectivity index (χ4v) is 1.93. The maximum Gasteiger partial charge on any atom is 0.337 e. The molecule has 0 spiro atoms. The van der Waals surface area contributed by atoms with Gasteiger partial charge in [0.15, 0.2) is 0 Å². The molecule has 0 unspecified atom stereocenters. The van der Waals surface area contributed by atoms with E-state index in [2.05, 4.69) is 22.7 Å². The lowest BCUT2D eigenvalue weighted by Crippen LogP contribution is -2.44. The fourth-order valence-electron chi connectivity index (χ4n) is 1.81. The first-order chi connectivity index (χ1) is 11.6. The van der Waals surface area contributed by atoms with Gasteiger partial charge in [0.25, 0.3) is 5.91 Å².